The van der Waals surface area contributed by atoms with Crippen LogP contribution in [-0.4, -0.2) is 19.3 Å². The first kappa shape index (κ1) is 14.1. The fourth-order valence-electron chi connectivity index (χ4n) is 2.54. The topological polar surface area (TPSA) is 73.7 Å². The molecule has 1 aromatic carbocycles. The third kappa shape index (κ3) is 2.53. The smallest absolute Gasteiger partial charge is 0.0958 e. The van der Waals surface area contributed by atoms with Gasteiger partial charge in [0, 0.05) is 13.1 Å². The largest absolute Gasteiger partial charge is 0.329 e. The molecule has 3 rings (SSSR count). The minimum absolute atomic E-state index is 0.141. The van der Waals surface area contributed by atoms with Gasteiger partial charge in [-0.3, -0.25) is 10.5 Å². The highest BCUT2D eigenvalue weighted by molar-refractivity contribution is 6.31. The van der Waals surface area contributed by atoms with Gasteiger partial charge in [-0.1, -0.05) is 23.7 Å². The second-order valence-corrected chi connectivity index (χ2v) is 5.21. The highest BCUT2D eigenvalue weighted by atomic mass is 35.5. The Hall–Kier alpha value is -1.89. The highest BCUT2D eigenvalue weighted by Gasteiger charge is 2.20. The van der Waals surface area contributed by atoms with Gasteiger partial charge in [0.1, 0.15) is 0 Å². The summed E-state index contributed by atoms with van der Waals surface area (Å²) in [4.78, 5) is 4.39. The van der Waals surface area contributed by atoms with Gasteiger partial charge in [-0.15, -0.1) is 0 Å². The van der Waals surface area contributed by atoms with Crippen LogP contribution in [0.15, 0.2) is 36.8 Å². The van der Waals surface area contributed by atoms with E-state index in [-0.39, 0.29) is 6.04 Å². The average molecular weight is 305 g/mol. The number of nitrogens with two attached hydrogens (primary N) is 1. The molecule has 0 bridgehead atoms. The van der Waals surface area contributed by atoms with Crippen LogP contribution in [0.4, 0.5) is 0 Å². The van der Waals surface area contributed by atoms with Crippen LogP contribution in [0.3, 0.4) is 0 Å². The molecule has 0 saturated carbocycles. The number of rotatable bonds is 5. The molecule has 3 aromatic rings. The number of hydrogen-bond acceptors (Lipinski definition) is 4. The van der Waals surface area contributed by atoms with E-state index in [0.29, 0.717) is 11.6 Å². The van der Waals surface area contributed by atoms with Crippen molar-refractivity contribution in [2.24, 2.45) is 5.84 Å². The molecule has 0 radical (unpaired) electrons. The Balaban J connectivity index is 1.96. The predicted octanol–water partition coefficient (Wildman–Crippen LogP) is 2.11. The van der Waals surface area contributed by atoms with Gasteiger partial charge in [0.15, 0.2) is 0 Å². The first-order valence-electron chi connectivity index (χ1n) is 6.81. The van der Waals surface area contributed by atoms with Crippen LogP contribution in [0.1, 0.15) is 18.7 Å². The van der Waals surface area contributed by atoms with Gasteiger partial charge in [0.25, 0.3) is 0 Å². The number of para-hydroxylation sites is 2. The predicted molar refractivity (Wildman–Crippen MR) is 82.7 cm³/mol. The molecule has 1 atom stereocenters. The lowest BCUT2D eigenvalue weighted by Crippen LogP contribution is -2.33. The lowest BCUT2D eigenvalue weighted by molar-refractivity contribution is 0.442. The molecule has 0 amide bonds. The molecule has 6 nitrogen and oxygen atoms in total. The standard InChI is InChI=1S/C14H17ClN6/c1-2-21-14(10(15)7-18-21)12(19-16)8-20-9-17-11-5-3-4-6-13(11)20/h3-7,9,12,19H,2,8,16H2,1H3. The first-order chi connectivity index (χ1) is 10.2. The molecule has 0 saturated heterocycles. The number of aromatic nitrogens is 4. The summed E-state index contributed by atoms with van der Waals surface area (Å²) in [6.07, 6.45) is 3.46. The molecule has 0 aliphatic rings. The second kappa shape index (κ2) is 5.85. The number of imidazole rings is 1. The van der Waals surface area contributed by atoms with E-state index in [1.54, 1.807) is 6.20 Å². The maximum atomic E-state index is 6.25. The fourth-order valence-corrected chi connectivity index (χ4v) is 2.81. The maximum absolute atomic E-state index is 6.25. The van der Waals surface area contributed by atoms with Gasteiger partial charge in [-0.05, 0) is 19.1 Å². The maximum Gasteiger partial charge on any atom is 0.0958 e. The third-order valence-electron chi connectivity index (χ3n) is 3.57. The van der Waals surface area contributed by atoms with Crippen LogP contribution in [0, 0.1) is 0 Å². The Morgan fingerprint density at radius 1 is 1.38 bits per heavy atom. The van der Waals surface area contributed by atoms with E-state index in [1.807, 2.05) is 42.2 Å². The van der Waals surface area contributed by atoms with Crippen molar-refractivity contribution in [3.8, 4) is 0 Å². The van der Waals surface area contributed by atoms with Crippen molar-refractivity contribution in [1.82, 2.24) is 24.8 Å². The van der Waals surface area contributed by atoms with E-state index in [4.69, 9.17) is 17.4 Å². The van der Waals surface area contributed by atoms with Crippen LogP contribution >= 0.6 is 11.6 Å². The second-order valence-electron chi connectivity index (χ2n) is 4.80. The van der Waals surface area contributed by atoms with Crippen molar-refractivity contribution in [2.75, 3.05) is 0 Å². The quantitative estimate of drug-likeness (QED) is 0.559. The molecule has 0 aliphatic heterocycles. The molecule has 0 spiro atoms. The normalized spacial score (nSPS) is 12.9. The number of aryl methyl sites for hydroxylation is 1. The Kier molecular flexibility index (Phi) is 3.92. The molecule has 1 unspecified atom stereocenters. The molecular formula is C14H17ClN6. The summed E-state index contributed by atoms with van der Waals surface area (Å²) < 4.78 is 3.91. The minimum Gasteiger partial charge on any atom is -0.329 e. The molecule has 0 aliphatic carbocycles. The van der Waals surface area contributed by atoms with Crippen molar-refractivity contribution in [3.05, 3.63) is 47.5 Å². The monoisotopic (exact) mass is 304 g/mol. The SMILES string of the molecule is CCn1ncc(Cl)c1C(Cn1cnc2ccccc21)NN. The van der Waals surface area contributed by atoms with Crippen LogP contribution < -0.4 is 11.3 Å². The fraction of sp³-hybridized carbons (Fsp3) is 0.286. The number of nitrogens with one attached hydrogen (secondary N) is 1. The van der Waals surface area contributed by atoms with Crippen molar-refractivity contribution in [1.29, 1.82) is 0 Å². The summed E-state index contributed by atoms with van der Waals surface area (Å²) >= 11 is 6.25. The molecule has 0 fully saturated rings. The lowest BCUT2D eigenvalue weighted by atomic mass is 10.2. The number of benzene rings is 1. The molecule has 7 heteroatoms. The zero-order valence-corrected chi connectivity index (χ0v) is 12.5. The van der Waals surface area contributed by atoms with Gasteiger partial charge in [0.05, 0.1) is 40.3 Å². The van der Waals surface area contributed by atoms with Crippen molar-refractivity contribution >= 4 is 22.6 Å². The molecule has 21 heavy (non-hydrogen) atoms. The van der Waals surface area contributed by atoms with E-state index in [9.17, 15) is 0 Å². The third-order valence-corrected chi connectivity index (χ3v) is 3.86. The Bertz CT molecular complexity index is 747. The van der Waals surface area contributed by atoms with E-state index < -0.39 is 0 Å². The van der Waals surface area contributed by atoms with Crippen LogP contribution in [-0.2, 0) is 13.1 Å². The zero-order valence-electron chi connectivity index (χ0n) is 11.7. The summed E-state index contributed by atoms with van der Waals surface area (Å²) in [5.74, 6) is 5.73. The van der Waals surface area contributed by atoms with Crippen LogP contribution in [0.2, 0.25) is 5.02 Å². The van der Waals surface area contributed by atoms with Gasteiger partial charge >= 0.3 is 0 Å². The molecule has 110 valence electrons. The Labute approximate surface area is 127 Å². The number of nitrogens with zero attached hydrogens (tertiary/aromatic N) is 4. The van der Waals surface area contributed by atoms with E-state index in [2.05, 4.69) is 20.1 Å². The van der Waals surface area contributed by atoms with E-state index in [0.717, 1.165) is 23.3 Å². The summed E-state index contributed by atoms with van der Waals surface area (Å²) in [6, 6.07) is 7.85. The summed E-state index contributed by atoms with van der Waals surface area (Å²) in [7, 11) is 0. The van der Waals surface area contributed by atoms with Crippen molar-refractivity contribution in [2.45, 2.75) is 26.1 Å². The Morgan fingerprint density at radius 2 is 2.19 bits per heavy atom. The van der Waals surface area contributed by atoms with Gasteiger partial charge in [-0.25, -0.2) is 10.4 Å². The van der Waals surface area contributed by atoms with Crippen molar-refractivity contribution in [3.63, 3.8) is 0 Å². The molecule has 2 aromatic heterocycles. The number of fused-ring (bicyclic) bond motifs is 1. The number of halogens is 1. The molecule has 2 heterocycles. The zero-order chi connectivity index (χ0) is 14.8. The Morgan fingerprint density at radius 3 is 2.95 bits per heavy atom. The van der Waals surface area contributed by atoms with Crippen LogP contribution in [0.5, 0.6) is 0 Å². The van der Waals surface area contributed by atoms with E-state index in [1.165, 1.54) is 0 Å². The van der Waals surface area contributed by atoms with E-state index >= 15 is 0 Å². The van der Waals surface area contributed by atoms with Gasteiger partial charge < -0.3 is 4.57 Å². The molecular weight excluding hydrogens is 288 g/mol. The highest BCUT2D eigenvalue weighted by Crippen LogP contribution is 2.25. The number of hydrogen-bond donors (Lipinski definition) is 2. The first-order valence-corrected chi connectivity index (χ1v) is 7.19. The average Bonchev–Trinajstić information content (AvgIpc) is 3.08. The minimum atomic E-state index is -0.141. The summed E-state index contributed by atoms with van der Waals surface area (Å²) in [6.45, 7) is 3.39. The van der Waals surface area contributed by atoms with Crippen molar-refractivity contribution < 1.29 is 0 Å². The summed E-state index contributed by atoms with van der Waals surface area (Å²) in [5.41, 5.74) is 5.75. The van der Waals surface area contributed by atoms with Gasteiger partial charge in [0.2, 0.25) is 0 Å². The summed E-state index contributed by atoms with van der Waals surface area (Å²) in [5, 5.41) is 4.87. The number of hydrazine groups is 1. The van der Waals surface area contributed by atoms with Gasteiger partial charge in [-0.2, -0.15) is 5.10 Å². The molecule has 3 N–H and O–H groups in total. The van der Waals surface area contributed by atoms with Crippen LogP contribution in [0.25, 0.3) is 11.0 Å². The lowest BCUT2D eigenvalue weighted by Gasteiger charge is -2.19.